The molecule has 0 radical (unpaired) electrons. The van der Waals surface area contributed by atoms with Crippen molar-refractivity contribution in [2.45, 2.75) is 6.92 Å². The summed E-state index contributed by atoms with van der Waals surface area (Å²) in [5.74, 6) is 1.94. The fraction of sp³-hybridized carbons (Fsp3) is 0.0952. The maximum absolute atomic E-state index is 5.95. The van der Waals surface area contributed by atoms with Crippen LogP contribution in [0.3, 0.4) is 0 Å². The molecule has 3 aromatic heterocycles. The van der Waals surface area contributed by atoms with Crippen molar-refractivity contribution in [2.75, 3.05) is 7.11 Å². The van der Waals surface area contributed by atoms with Crippen LogP contribution in [0.25, 0.3) is 45.5 Å². The van der Waals surface area contributed by atoms with Gasteiger partial charge in [-0.2, -0.15) is 5.10 Å². The summed E-state index contributed by atoms with van der Waals surface area (Å²) in [7, 11) is 1.62. The predicted molar refractivity (Wildman–Crippen MR) is 104 cm³/mol. The van der Waals surface area contributed by atoms with E-state index in [4.69, 9.17) is 13.6 Å². The number of hydrogen-bond acceptors (Lipinski definition) is 6. The molecular weight excluding hydrogens is 356 g/mol. The third-order valence-electron chi connectivity index (χ3n) is 4.64. The Morgan fingerprint density at radius 1 is 0.929 bits per heavy atom. The summed E-state index contributed by atoms with van der Waals surface area (Å²) >= 11 is 0. The van der Waals surface area contributed by atoms with Gasteiger partial charge in [-0.25, -0.2) is 0 Å². The van der Waals surface area contributed by atoms with E-state index in [0.29, 0.717) is 28.8 Å². The summed E-state index contributed by atoms with van der Waals surface area (Å²) in [6, 6.07) is 17.4. The largest absolute Gasteiger partial charge is 0.497 e. The molecule has 1 N–H and O–H groups in total. The first kappa shape index (κ1) is 16.3. The average Bonchev–Trinajstić information content (AvgIpc) is 3.47. The molecule has 3 heterocycles. The zero-order chi connectivity index (χ0) is 19.1. The molecular formula is C21H16N4O3. The van der Waals surface area contributed by atoms with Crippen LogP contribution >= 0.6 is 0 Å². The monoisotopic (exact) mass is 372 g/mol. The van der Waals surface area contributed by atoms with E-state index < -0.39 is 0 Å². The van der Waals surface area contributed by atoms with Crippen LogP contribution in [0.1, 0.15) is 5.56 Å². The van der Waals surface area contributed by atoms with Crippen molar-refractivity contribution in [1.82, 2.24) is 20.4 Å². The number of fused-ring (bicyclic) bond motifs is 1. The predicted octanol–water partition coefficient (Wildman–Crippen LogP) is 4.86. The topological polar surface area (TPSA) is 90.0 Å². The molecule has 7 heteroatoms. The summed E-state index contributed by atoms with van der Waals surface area (Å²) in [5, 5.41) is 16.5. The van der Waals surface area contributed by atoms with Gasteiger partial charge in [-0.3, -0.25) is 5.10 Å². The van der Waals surface area contributed by atoms with Crippen LogP contribution in [0.2, 0.25) is 0 Å². The zero-order valence-corrected chi connectivity index (χ0v) is 15.3. The van der Waals surface area contributed by atoms with E-state index in [0.717, 1.165) is 28.0 Å². The second-order valence-corrected chi connectivity index (χ2v) is 6.36. The van der Waals surface area contributed by atoms with Crippen molar-refractivity contribution in [1.29, 1.82) is 0 Å². The Morgan fingerprint density at radius 3 is 2.57 bits per heavy atom. The average molecular weight is 372 g/mol. The molecule has 5 rings (SSSR count). The minimum atomic E-state index is 0.318. The first-order chi connectivity index (χ1) is 13.7. The van der Waals surface area contributed by atoms with E-state index in [1.165, 1.54) is 0 Å². The van der Waals surface area contributed by atoms with Crippen LogP contribution in [-0.4, -0.2) is 27.5 Å². The molecule has 28 heavy (non-hydrogen) atoms. The normalized spacial score (nSPS) is 11.2. The number of nitrogens with one attached hydrogen (secondary N) is 1. The molecule has 0 bridgehead atoms. The Hall–Kier alpha value is -3.87. The third kappa shape index (κ3) is 2.64. The Kier molecular flexibility index (Phi) is 3.72. The lowest BCUT2D eigenvalue weighted by Gasteiger charge is -1.97. The molecule has 0 saturated heterocycles. The molecule has 0 spiro atoms. The number of aryl methyl sites for hydroxylation is 1. The van der Waals surface area contributed by atoms with Crippen LogP contribution in [0.4, 0.5) is 0 Å². The van der Waals surface area contributed by atoms with Crippen molar-refractivity contribution >= 4 is 11.0 Å². The highest BCUT2D eigenvalue weighted by Crippen LogP contribution is 2.35. The Labute approximate surface area is 160 Å². The quantitative estimate of drug-likeness (QED) is 0.485. The van der Waals surface area contributed by atoms with Gasteiger partial charge in [0.15, 0.2) is 5.76 Å². The first-order valence-corrected chi connectivity index (χ1v) is 8.75. The standard InChI is InChI=1S/C21H16N4O3/c1-12-15-9-8-14(26-2)10-18(15)27-19(12)21-25-24-20(28-21)17-11-16(22-23-17)13-6-4-3-5-7-13/h3-11H,1-2H3,(H,22,23). The first-order valence-electron chi connectivity index (χ1n) is 8.75. The molecule has 0 aliphatic heterocycles. The van der Waals surface area contributed by atoms with Gasteiger partial charge in [-0.05, 0) is 25.1 Å². The number of rotatable bonds is 4. The lowest BCUT2D eigenvalue weighted by molar-refractivity contribution is 0.414. The minimum Gasteiger partial charge on any atom is -0.497 e. The summed E-state index contributed by atoms with van der Waals surface area (Å²) < 4.78 is 17.1. The van der Waals surface area contributed by atoms with E-state index in [1.54, 1.807) is 7.11 Å². The number of ether oxygens (including phenoxy) is 1. The number of aromatic amines is 1. The van der Waals surface area contributed by atoms with E-state index in [1.807, 2.05) is 61.5 Å². The van der Waals surface area contributed by atoms with Crippen molar-refractivity contribution in [3.8, 4) is 40.2 Å². The van der Waals surface area contributed by atoms with Crippen molar-refractivity contribution in [3.63, 3.8) is 0 Å². The van der Waals surface area contributed by atoms with Crippen LogP contribution in [-0.2, 0) is 0 Å². The summed E-state index contributed by atoms with van der Waals surface area (Å²) in [6.07, 6.45) is 0. The molecule has 7 nitrogen and oxygen atoms in total. The summed E-state index contributed by atoms with van der Waals surface area (Å²) in [4.78, 5) is 0. The molecule has 0 saturated carbocycles. The van der Waals surface area contributed by atoms with Gasteiger partial charge < -0.3 is 13.6 Å². The SMILES string of the molecule is COc1ccc2c(C)c(-c3nnc(-c4cc(-c5ccccc5)n[nH]4)o3)oc2c1. The molecule has 138 valence electrons. The minimum absolute atomic E-state index is 0.318. The van der Waals surface area contributed by atoms with Crippen LogP contribution < -0.4 is 4.74 Å². The number of nitrogens with zero attached hydrogens (tertiary/aromatic N) is 3. The fourth-order valence-corrected chi connectivity index (χ4v) is 3.15. The molecule has 2 aromatic carbocycles. The number of H-pyrrole nitrogens is 1. The summed E-state index contributed by atoms with van der Waals surface area (Å²) in [5.41, 5.74) is 4.10. The molecule has 0 aliphatic carbocycles. The van der Waals surface area contributed by atoms with E-state index in [-0.39, 0.29) is 0 Å². The highest BCUT2D eigenvalue weighted by atomic mass is 16.5. The van der Waals surface area contributed by atoms with Crippen molar-refractivity contribution < 1.29 is 13.6 Å². The van der Waals surface area contributed by atoms with Crippen LogP contribution in [0.15, 0.2) is 63.4 Å². The molecule has 0 amide bonds. The smallest absolute Gasteiger partial charge is 0.284 e. The van der Waals surface area contributed by atoms with E-state index >= 15 is 0 Å². The van der Waals surface area contributed by atoms with Gasteiger partial charge in [0.1, 0.15) is 17.0 Å². The molecule has 0 aliphatic rings. The Bertz CT molecular complexity index is 1270. The van der Waals surface area contributed by atoms with Gasteiger partial charge in [-0.15, -0.1) is 10.2 Å². The lowest BCUT2D eigenvalue weighted by atomic mass is 10.1. The third-order valence-corrected chi connectivity index (χ3v) is 4.64. The molecule has 5 aromatic rings. The van der Waals surface area contributed by atoms with Crippen LogP contribution in [0, 0.1) is 6.92 Å². The zero-order valence-electron chi connectivity index (χ0n) is 15.3. The van der Waals surface area contributed by atoms with E-state index in [2.05, 4.69) is 20.4 Å². The second kappa shape index (κ2) is 6.38. The highest BCUT2D eigenvalue weighted by Gasteiger charge is 2.20. The number of hydrogen-bond donors (Lipinski definition) is 1. The van der Waals surface area contributed by atoms with Crippen molar-refractivity contribution in [3.05, 3.63) is 60.2 Å². The maximum Gasteiger partial charge on any atom is 0.284 e. The molecule has 0 fully saturated rings. The highest BCUT2D eigenvalue weighted by molar-refractivity contribution is 5.87. The number of methoxy groups -OCH3 is 1. The maximum atomic E-state index is 5.95. The van der Waals surface area contributed by atoms with Gasteiger partial charge in [0.2, 0.25) is 0 Å². The molecule has 0 unspecified atom stereocenters. The van der Waals surface area contributed by atoms with Gasteiger partial charge in [0.25, 0.3) is 11.8 Å². The molecule has 0 atom stereocenters. The summed E-state index contributed by atoms with van der Waals surface area (Å²) in [6.45, 7) is 1.96. The Balaban J connectivity index is 1.51. The van der Waals surface area contributed by atoms with E-state index in [9.17, 15) is 0 Å². The second-order valence-electron chi connectivity index (χ2n) is 6.36. The van der Waals surface area contributed by atoms with Crippen LogP contribution in [0.5, 0.6) is 5.75 Å². The lowest BCUT2D eigenvalue weighted by Crippen LogP contribution is -1.80. The number of furan rings is 1. The van der Waals surface area contributed by atoms with Gasteiger partial charge >= 0.3 is 0 Å². The van der Waals surface area contributed by atoms with Crippen molar-refractivity contribution in [2.24, 2.45) is 0 Å². The van der Waals surface area contributed by atoms with Gasteiger partial charge in [0, 0.05) is 22.6 Å². The Morgan fingerprint density at radius 2 is 1.75 bits per heavy atom. The number of benzene rings is 2. The van der Waals surface area contributed by atoms with Gasteiger partial charge in [0.05, 0.1) is 12.8 Å². The number of aromatic nitrogens is 4. The van der Waals surface area contributed by atoms with Gasteiger partial charge in [-0.1, -0.05) is 30.3 Å². The fourth-order valence-electron chi connectivity index (χ4n) is 3.15.